The topological polar surface area (TPSA) is 94.5 Å². The van der Waals surface area contributed by atoms with Crippen molar-refractivity contribution in [2.75, 3.05) is 0 Å². The van der Waals surface area contributed by atoms with E-state index in [1.165, 1.54) is 0 Å². The molecular weight excluding hydrogens is 520 g/mol. The lowest BCUT2D eigenvalue weighted by atomic mass is 9.84. The van der Waals surface area contributed by atoms with Gasteiger partial charge in [-0.1, -0.05) is 109 Å². The van der Waals surface area contributed by atoms with E-state index in [4.69, 9.17) is 18.9 Å². The van der Waals surface area contributed by atoms with Crippen molar-refractivity contribution in [3.63, 3.8) is 0 Å². The molecule has 4 aromatic carbocycles. The van der Waals surface area contributed by atoms with Crippen LogP contribution in [0.5, 0.6) is 0 Å². The van der Waals surface area contributed by atoms with Crippen LogP contribution in [0.3, 0.4) is 0 Å². The van der Waals surface area contributed by atoms with Gasteiger partial charge in [0.15, 0.2) is 6.10 Å². The zero-order valence-electron chi connectivity index (χ0n) is 22.6. The van der Waals surface area contributed by atoms with Crippen LogP contribution in [0, 0.1) is 0 Å². The van der Waals surface area contributed by atoms with E-state index >= 15 is 0 Å². The maximum Gasteiger partial charge on any atom is 0.338 e. The standard InChI is InChI=1S/C34H34O7/c35-28-29(36)31(41-34(37)27-19-11-4-12-20-27)33(40-23-26-17-9-3-10-18-26)32(39-22-25-15-7-2-8-16-25)30(28)38-21-24-13-5-1-6-14-24/h1-20,28-33,35-36H,21-23H2/t28-,29+,30+,31+,32-,33-/m0/s1. The van der Waals surface area contributed by atoms with E-state index in [1.54, 1.807) is 30.3 Å². The number of esters is 1. The maximum atomic E-state index is 13.1. The Morgan fingerprint density at radius 3 is 1.27 bits per heavy atom. The van der Waals surface area contributed by atoms with Crippen molar-refractivity contribution in [1.29, 1.82) is 0 Å². The van der Waals surface area contributed by atoms with Crippen LogP contribution < -0.4 is 0 Å². The summed E-state index contributed by atoms with van der Waals surface area (Å²) >= 11 is 0. The average molecular weight is 555 g/mol. The van der Waals surface area contributed by atoms with Crippen molar-refractivity contribution >= 4 is 5.97 Å². The molecule has 1 aliphatic carbocycles. The number of aliphatic hydroxyl groups excluding tert-OH is 2. The minimum Gasteiger partial charge on any atom is -0.453 e. The summed E-state index contributed by atoms with van der Waals surface area (Å²) in [6.07, 6.45) is -6.93. The van der Waals surface area contributed by atoms with Gasteiger partial charge in [0.1, 0.15) is 30.5 Å². The first-order valence-corrected chi connectivity index (χ1v) is 13.7. The molecule has 2 N–H and O–H groups in total. The van der Waals surface area contributed by atoms with Crippen LogP contribution in [0.2, 0.25) is 0 Å². The SMILES string of the molecule is O=C(O[C@@H]1[C@H](O)[C@H](O)[C@@H](OCc2ccccc2)[C@H](OCc2ccccc2)[C@H]1OCc1ccccc1)c1ccccc1. The first kappa shape index (κ1) is 28.7. The minimum atomic E-state index is -1.49. The highest BCUT2D eigenvalue weighted by Crippen LogP contribution is 2.32. The molecule has 0 heterocycles. The lowest BCUT2D eigenvalue weighted by Gasteiger charge is -2.46. The fraction of sp³-hybridized carbons (Fsp3) is 0.265. The van der Waals surface area contributed by atoms with Gasteiger partial charge in [0.25, 0.3) is 0 Å². The number of benzene rings is 4. The molecule has 6 atom stereocenters. The Labute approximate surface area is 239 Å². The number of rotatable bonds is 11. The molecule has 212 valence electrons. The normalized spacial score (nSPS) is 24.0. The molecule has 1 saturated carbocycles. The van der Waals surface area contributed by atoms with E-state index in [0.29, 0.717) is 5.56 Å². The highest BCUT2D eigenvalue weighted by atomic mass is 16.6. The predicted molar refractivity (Wildman–Crippen MR) is 153 cm³/mol. The Bertz CT molecular complexity index is 1330. The van der Waals surface area contributed by atoms with Crippen LogP contribution in [0.15, 0.2) is 121 Å². The minimum absolute atomic E-state index is 0.171. The van der Waals surface area contributed by atoms with Crippen LogP contribution in [-0.2, 0) is 38.8 Å². The smallest absolute Gasteiger partial charge is 0.338 e. The highest BCUT2D eigenvalue weighted by molar-refractivity contribution is 5.89. The van der Waals surface area contributed by atoms with Gasteiger partial charge in [0, 0.05) is 0 Å². The lowest BCUT2D eigenvalue weighted by molar-refractivity contribution is -0.262. The molecule has 0 spiro atoms. The van der Waals surface area contributed by atoms with Gasteiger partial charge < -0.3 is 29.2 Å². The van der Waals surface area contributed by atoms with Crippen molar-refractivity contribution < 1.29 is 34.0 Å². The Hall–Kier alpha value is -3.85. The quantitative estimate of drug-likeness (QED) is 0.260. The molecule has 0 saturated heterocycles. The fourth-order valence-corrected chi connectivity index (χ4v) is 4.93. The van der Waals surface area contributed by atoms with E-state index in [2.05, 4.69) is 0 Å². The van der Waals surface area contributed by atoms with Crippen LogP contribution in [0.4, 0.5) is 0 Å². The fourth-order valence-electron chi connectivity index (χ4n) is 4.93. The van der Waals surface area contributed by atoms with Gasteiger partial charge in [-0.3, -0.25) is 0 Å². The number of carbonyl (C=O) groups is 1. The predicted octanol–water partition coefficient (Wildman–Crippen LogP) is 4.70. The molecule has 0 aromatic heterocycles. The average Bonchev–Trinajstić information content (AvgIpc) is 3.03. The molecule has 0 bridgehead atoms. The second kappa shape index (κ2) is 14.2. The molecule has 4 aromatic rings. The first-order valence-electron chi connectivity index (χ1n) is 13.7. The zero-order chi connectivity index (χ0) is 28.4. The van der Waals surface area contributed by atoms with E-state index in [9.17, 15) is 15.0 Å². The van der Waals surface area contributed by atoms with Gasteiger partial charge >= 0.3 is 5.97 Å². The Balaban J connectivity index is 1.45. The molecule has 0 unspecified atom stereocenters. The summed E-state index contributed by atoms with van der Waals surface area (Å²) in [5.41, 5.74) is 3.02. The van der Waals surface area contributed by atoms with E-state index < -0.39 is 42.6 Å². The summed E-state index contributed by atoms with van der Waals surface area (Å²) in [6, 6.07) is 37.2. The van der Waals surface area contributed by atoms with Crippen LogP contribution in [0.25, 0.3) is 0 Å². The second-order valence-corrected chi connectivity index (χ2v) is 10.0. The molecule has 0 radical (unpaired) electrons. The molecule has 1 fully saturated rings. The molecule has 41 heavy (non-hydrogen) atoms. The third-order valence-electron chi connectivity index (χ3n) is 7.10. The molecule has 0 amide bonds. The summed E-state index contributed by atoms with van der Waals surface area (Å²) in [6.45, 7) is 0.550. The highest BCUT2D eigenvalue weighted by Gasteiger charge is 2.54. The first-order chi connectivity index (χ1) is 20.1. The van der Waals surface area contributed by atoms with Crippen molar-refractivity contribution in [3.05, 3.63) is 144 Å². The van der Waals surface area contributed by atoms with Crippen LogP contribution in [-0.4, -0.2) is 52.8 Å². The lowest BCUT2D eigenvalue weighted by Crippen LogP contribution is -2.66. The zero-order valence-corrected chi connectivity index (χ0v) is 22.6. The summed E-state index contributed by atoms with van der Waals surface area (Å²) in [4.78, 5) is 13.1. The summed E-state index contributed by atoms with van der Waals surface area (Å²) in [7, 11) is 0. The third-order valence-corrected chi connectivity index (χ3v) is 7.10. The van der Waals surface area contributed by atoms with Crippen LogP contribution >= 0.6 is 0 Å². The number of carbonyl (C=O) groups excluding carboxylic acids is 1. The van der Waals surface area contributed by atoms with Gasteiger partial charge in [0.2, 0.25) is 0 Å². The number of aliphatic hydroxyl groups is 2. The molecule has 7 nitrogen and oxygen atoms in total. The molecule has 1 aliphatic rings. The third kappa shape index (κ3) is 7.47. The van der Waals surface area contributed by atoms with Crippen molar-refractivity contribution in [2.45, 2.75) is 56.4 Å². The largest absolute Gasteiger partial charge is 0.453 e. The van der Waals surface area contributed by atoms with Crippen molar-refractivity contribution in [2.24, 2.45) is 0 Å². The molecular formula is C34H34O7. The summed E-state index contributed by atoms with van der Waals surface area (Å²) in [5.74, 6) is -0.638. The van der Waals surface area contributed by atoms with Gasteiger partial charge in [-0.05, 0) is 28.8 Å². The monoisotopic (exact) mass is 554 g/mol. The van der Waals surface area contributed by atoms with E-state index in [-0.39, 0.29) is 19.8 Å². The maximum absolute atomic E-state index is 13.1. The number of hydrogen-bond donors (Lipinski definition) is 2. The van der Waals surface area contributed by atoms with E-state index in [0.717, 1.165) is 16.7 Å². The molecule has 0 aliphatic heterocycles. The summed E-state index contributed by atoms with van der Waals surface area (Å²) < 4.78 is 24.8. The van der Waals surface area contributed by atoms with Gasteiger partial charge in [-0.25, -0.2) is 4.79 Å². The van der Waals surface area contributed by atoms with Crippen molar-refractivity contribution in [3.8, 4) is 0 Å². The number of ether oxygens (including phenoxy) is 4. The second-order valence-electron chi connectivity index (χ2n) is 10.0. The molecule has 5 rings (SSSR count). The van der Waals surface area contributed by atoms with Gasteiger partial charge in [-0.15, -0.1) is 0 Å². The Morgan fingerprint density at radius 1 is 0.488 bits per heavy atom. The number of hydrogen-bond acceptors (Lipinski definition) is 7. The Morgan fingerprint density at radius 2 is 0.829 bits per heavy atom. The van der Waals surface area contributed by atoms with E-state index in [1.807, 2.05) is 91.0 Å². The van der Waals surface area contributed by atoms with Gasteiger partial charge in [0.05, 0.1) is 25.4 Å². The van der Waals surface area contributed by atoms with Crippen LogP contribution in [0.1, 0.15) is 27.0 Å². The van der Waals surface area contributed by atoms with Gasteiger partial charge in [-0.2, -0.15) is 0 Å². The van der Waals surface area contributed by atoms with Crippen molar-refractivity contribution in [1.82, 2.24) is 0 Å². The summed E-state index contributed by atoms with van der Waals surface area (Å²) in [5, 5.41) is 22.7. The molecule has 7 heteroatoms. The Kier molecular flexibility index (Phi) is 9.91.